The number of hydrogen-bond donors (Lipinski definition) is 0. The van der Waals surface area contributed by atoms with Crippen LogP contribution in [0.25, 0.3) is 22.3 Å². The van der Waals surface area contributed by atoms with E-state index in [0.717, 1.165) is 19.3 Å². The fourth-order valence-corrected chi connectivity index (χ4v) is 18.7. The number of rotatable bonds is 5. The maximum atomic E-state index is 2.88. The number of nitrogens with zero attached hydrogens (tertiary/aromatic N) is 3. The average Bonchev–Trinajstić information content (AvgIpc) is 1.60. The summed E-state index contributed by atoms with van der Waals surface area (Å²) in [5.74, 6) is 0. The maximum Gasteiger partial charge on any atom is 0.252 e. The summed E-state index contributed by atoms with van der Waals surface area (Å²) in [6, 6.07) is 70.8. The fourth-order valence-electron chi connectivity index (χ4n) is 18.7. The molecule has 3 aliphatic carbocycles. The Hall–Kier alpha value is -7.56. The molecule has 0 radical (unpaired) electrons. The zero-order valence-electron chi connectivity index (χ0n) is 58.2. The Morgan fingerprint density at radius 2 is 0.758 bits per heavy atom. The number of hydrogen-bond acceptors (Lipinski definition) is 3. The summed E-state index contributed by atoms with van der Waals surface area (Å²) >= 11 is 0. The van der Waals surface area contributed by atoms with E-state index in [4.69, 9.17) is 0 Å². The first-order valence-electron chi connectivity index (χ1n) is 34.4. The molecule has 91 heavy (non-hydrogen) atoms. The largest absolute Gasteiger partial charge is 0.334 e. The lowest BCUT2D eigenvalue weighted by molar-refractivity contribution is 0.195. The minimum absolute atomic E-state index is 0.00364. The Kier molecular flexibility index (Phi) is 12.8. The van der Waals surface area contributed by atoms with E-state index in [1.165, 1.54) is 153 Å². The number of anilines is 8. The predicted molar refractivity (Wildman–Crippen MR) is 392 cm³/mol. The molecule has 2 unspecified atom stereocenters. The predicted octanol–water partition coefficient (Wildman–Crippen LogP) is 21.7. The molecule has 2 atom stereocenters. The van der Waals surface area contributed by atoms with Gasteiger partial charge in [-0.25, -0.2) is 0 Å². The van der Waals surface area contributed by atoms with Crippen molar-refractivity contribution in [2.24, 2.45) is 0 Å². The van der Waals surface area contributed by atoms with Crippen molar-refractivity contribution in [3.05, 3.63) is 232 Å². The maximum absolute atomic E-state index is 2.88. The quantitative estimate of drug-likeness (QED) is 0.159. The molecule has 15 rings (SSSR count). The molecule has 3 heterocycles. The third kappa shape index (κ3) is 8.64. The Labute approximate surface area is 546 Å². The summed E-state index contributed by atoms with van der Waals surface area (Å²) in [5, 5.41) is 0. The van der Waals surface area contributed by atoms with Crippen LogP contribution in [0, 0.1) is 0 Å². The van der Waals surface area contributed by atoms with Gasteiger partial charge in [0.25, 0.3) is 6.71 Å². The van der Waals surface area contributed by atoms with Gasteiger partial charge in [-0.3, -0.25) is 0 Å². The lowest BCUT2D eigenvalue weighted by Gasteiger charge is -2.51. The van der Waals surface area contributed by atoms with Crippen LogP contribution >= 0.6 is 0 Å². The summed E-state index contributed by atoms with van der Waals surface area (Å²) < 4.78 is 0. The van der Waals surface area contributed by atoms with E-state index in [1.54, 1.807) is 0 Å². The van der Waals surface area contributed by atoms with Gasteiger partial charge in [0, 0.05) is 61.5 Å². The molecule has 0 aromatic heterocycles. The van der Waals surface area contributed by atoms with Gasteiger partial charge in [-0.05, 0) is 191 Å². The van der Waals surface area contributed by atoms with E-state index < -0.39 is 0 Å². The first-order chi connectivity index (χ1) is 42.8. The van der Waals surface area contributed by atoms with Gasteiger partial charge >= 0.3 is 0 Å². The third-order valence-electron chi connectivity index (χ3n) is 23.9. The second-order valence-electron chi connectivity index (χ2n) is 34.5. The van der Waals surface area contributed by atoms with E-state index in [0.29, 0.717) is 0 Å². The van der Waals surface area contributed by atoms with Crippen LogP contribution in [0.2, 0.25) is 0 Å². The van der Waals surface area contributed by atoms with Gasteiger partial charge in [0.1, 0.15) is 0 Å². The van der Waals surface area contributed by atoms with Crippen LogP contribution in [0.4, 0.5) is 45.5 Å². The molecule has 0 N–H and O–H groups in total. The van der Waals surface area contributed by atoms with Crippen LogP contribution in [0.5, 0.6) is 0 Å². The lowest BCUT2D eigenvalue weighted by atomic mass is 9.32. The van der Waals surface area contributed by atoms with E-state index in [1.807, 2.05) is 0 Å². The van der Waals surface area contributed by atoms with E-state index in [9.17, 15) is 0 Å². The molecule has 9 aromatic carbocycles. The summed E-state index contributed by atoms with van der Waals surface area (Å²) in [7, 11) is 0. The summed E-state index contributed by atoms with van der Waals surface area (Å²) in [5.41, 5.74) is 32.2. The van der Waals surface area contributed by atoms with Gasteiger partial charge in [-0.15, -0.1) is 0 Å². The number of fused-ring (bicyclic) bond motifs is 10. The topological polar surface area (TPSA) is 9.72 Å². The molecule has 3 aliphatic heterocycles. The normalized spacial score (nSPS) is 21.0. The van der Waals surface area contributed by atoms with Crippen molar-refractivity contribution in [3.8, 4) is 22.3 Å². The van der Waals surface area contributed by atoms with Gasteiger partial charge in [0.05, 0.1) is 16.9 Å². The fraction of sp³-hybridized carbons (Fsp3) is 0.379. The van der Waals surface area contributed by atoms with Gasteiger partial charge < -0.3 is 14.7 Å². The minimum Gasteiger partial charge on any atom is -0.334 e. The average molecular weight is 1190 g/mol. The van der Waals surface area contributed by atoms with Crippen LogP contribution in [-0.2, 0) is 43.3 Å². The molecule has 1 fully saturated rings. The molecule has 3 nitrogen and oxygen atoms in total. The molecule has 0 amide bonds. The van der Waals surface area contributed by atoms with Gasteiger partial charge in [0.2, 0.25) is 0 Å². The molecule has 0 bridgehead atoms. The van der Waals surface area contributed by atoms with Crippen molar-refractivity contribution >= 4 is 68.6 Å². The van der Waals surface area contributed by atoms with E-state index in [-0.39, 0.29) is 55.6 Å². The van der Waals surface area contributed by atoms with E-state index in [2.05, 4.69) is 322 Å². The minimum atomic E-state index is -0.288. The Morgan fingerprint density at radius 1 is 0.352 bits per heavy atom. The highest BCUT2D eigenvalue weighted by molar-refractivity contribution is 7.00. The summed E-state index contributed by atoms with van der Waals surface area (Å²) in [6.45, 7) is 46.5. The highest BCUT2D eigenvalue weighted by Gasteiger charge is 2.59. The van der Waals surface area contributed by atoms with Crippen molar-refractivity contribution in [2.45, 2.75) is 213 Å². The lowest BCUT2D eigenvalue weighted by Crippen LogP contribution is -2.62. The van der Waals surface area contributed by atoms with Crippen molar-refractivity contribution < 1.29 is 0 Å². The molecule has 9 aromatic rings. The van der Waals surface area contributed by atoms with Crippen LogP contribution in [-0.4, -0.2) is 12.3 Å². The van der Waals surface area contributed by atoms with Crippen molar-refractivity contribution in [1.29, 1.82) is 0 Å². The Balaban J connectivity index is 1.15. The molecule has 6 aliphatic rings. The molecule has 1 saturated carbocycles. The highest BCUT2D eigenvalue weighted by Crippen LogP contribution is 2.64. The second-order valence-corrected chi connectivity index (χ2v) is 34.5. The monoisotopic (exact) mass is 1190 g/mol. The first kappa shape index (κ1) is 59.7. The second kappa shape index (κ2) is 19.5. The standard InChI is InChI=1S/C87H96BN3/c1-79(2,3)56-36-39-71(60(44-56)54-30-22-20-23-31-54)89-74-51-65-64(82(10,11)53-83(65,12)13)49-69(74)88-70-50-66-67(85(16,17)63-35-27-26-34-62(63)84(66,14)15)52-75(70)90(72-40-37-57(80(4,5)6)45-61(72)55-32-24-21-25-33-55)77-48-59(47-76(89)78(77)88)91-73-41-38-58(81(7,8)9)46-68(73)86(18)42-28-29-43-87(86,91)19/h20-27,30-41,44-52H,28-29,42-43,53H2,1-19H3. The Morgan fingerprint density at radius 3 is 1.24 bits per heavy atom. The zero-order chi connectivity index (χ0) is 64.3. The summed E-state index contributed by atoms with van der Waals surface area (Å²) in [6.07, 6.45) is 5.76. The number of benzene rings is 9. The highest BCUT2D eigenvalue weighted by atomic mass is 15.3. The smallest absolute Gasteiger partial charge is 0.252 e. The van der Waals surface area contributed by atoms with E-state index >= 15 is 0 Å². The molecular formula is C87H96BN3. The molecule has 462 valence electrons. The molecular weight excluding hydrogens is 1100 g/mol. The van der Waals surface area contributed by atoms with Gasteiger partial charge in [-0.1, -0.05) is 259 Å². The zero-order valence-corrected chi connectivity index (χ0v) is 58.2. The van der Waals surface area contributed by atoms with Crippen molar-refractivity contribution in [1.82, 2.24) is 0 Å². The first-order valence-corrected chi connectivity index (χ1v) is 34.4. The molecule has 0 spiro atoms. The van der Waals surface area contributed by atoms with Crippen LogP contribution in [0.1, 0.15) is 219 Å². The Bertz CT molecular complexity index is 4500. The van der Waals surface area contributed by atoms with Crippen molar-refractivity contribution in [3.63, 3.8) is 0 Å². The van der Waals surface area contributed by atoms with Crippen LogP contribution in [0.15, 0.2) is 176 Å². The van der Waals surface area contributed by atoms with Gasteiger partial charge in [-0.2, -0.15) is 0 Å². The van der Waals surface area contributed by atoms with Gasteiger partial charge in [0.15, 0.2) is 0 Å². The molecule has 4 heteroatoms. The third-order valence-corrected chi connectivity index (χ3v) is 23.9. The van der Waals surface area contributed by atoms with Crippen LogP contribution in [0.3, 0.4) is 0 Å². The molecule has 0 saturated heterocycles. The van der Waals surface area contributed by atoms with Crippen LogP contribution < -0.4 is 31.1 Å². The van der Waals surface area contributed by atoms with Crippen molar-refractivity contribution in [2.75, 3.05) is 14.7 Å². The summed E-state index contributed by atoms with van der Waals surface area (Å²) in [4.78, 5) is 8.46. The SMILES string of the molecule is CC(C)(C)c1ccc(N2c3cc4c(cc3B3c5cc6c(cc5N(c5ccc(C(C)(C)C)cc5-c5ccccc5)c5cc(N7c8ccc(C(C)(C)C)cc8C8(C)CCCCC78C)cc2c53)C(C)(C)c2ccccc2C6(C)C)C(C)(C)CC4(C)C)c(-c2ccccc2)c1.